The number of para-hydroxylation sites is 1. The fourth-order valence-corrected chi connectivity index (χ4v) is 2.58. The molecular weight excluding hydrogens is 280 g/mol. The van der Waals surface area contributed by atoms with Gasteiger partial charge in [-0.3, -0.25) is 4.79 Å². The number of hydrogen-bond donors (Lipinski definition) is 1. The highest BCUT2D eigenvalue weighted by Gasteiger charge is 2.25. The van der Waals surface area contributed by atoms with E-state index in [1.54, 1.807) is 12.3 Å². The van der Waals surface area contributed by atoms with Crippen LogP contribution in [-0.4, -0.2) is 36.5 Å². The predicted molar refractivity (Wildman–Crippen MR) is 82.9 cm³/mol. The minimum Gasteiger partial charge on any atom is -0.489 e. The van der Waals surface area contributed by atoms with E-state index in [0.717, 1.165) is 17.9 Å². The van der Waals surface area contributed by atoms with Crippen LogP contribution in [0.4, 0.5) is 0 Å². The van der Waals surface area contributed by atoms with Crippen LogP contribution < -0.4 is 10.1 Å². The van der Waals surface area contributed by atoms with Gasteiger partial charge in [-0.05, 0) is 25.1 Å². The third-order valence-corrected chi connectivity index (χ3v) is 3.73. The largest absolute Gasteiger partial charge is 0.489 e. The molecule has 2 heterocycles. The number of ether oxygens (including phenoxy) is 1. The molecule has 0 spiro atoms. The van der Waals surface area contributed by atoms with Gasteiger partial charge in [0.25, 0.3) is 5.91 Å². The van der Waals surface area contributed by atoms with Gasteiger partial charge in [0.05, 0.1) is 6.26 Å². The first-order chi connectivity index (χ1) is 10.7. The van der Waals surface area contributed by atoms with E-state index in [9.17, 15) is 4.79 Å². The van der Waals surface area contributed by atoms with Crippen molar-refractivity contribution in [3.8, 4) is 5.75 Å². The van der Waals surface area contributed by atoms with Crippen LogP contribution >= 0.6 is 0 Å². The Balaban J connectivity index is 1.67. The molecule has 5 heteroatoms. The normalized spacial score (nSPS) is 18.2. The molecule has 1 aliphatic rings. The first-order valence-corrected chi connectivity index (χ1v) is 7.51. The number of furan rings is 1. The molecule has 5 nitrogen and oxygen atoms in total. The first-order valence-electron chi connectivity index (χ1n) is 7.51. The highest BCUT2D eigenvalue weighted by molar-refractivity contribution is 5.93. The second-order valence-corrected chi connectivity index (χ2v) is 5.48. The van der Waals surface area contributed by atoms with E-state index in [1.807, 2.05) is 35.2 Å². The predicted octanol–water partition coefficient (Wildman–Crippen LogP) is 2.29. The fraction of sp³-hybridized carbons (Fsp3) is 0.353. The summed E-state index contributed by atoms with van der Waals surface area (Å²) in [6.45, 7) is 4.59. The molecule has 0 bridgehead atoms. The minimum absolute atomic E-state index is 0.0648. The van der Waals surface area contributed by atoms with Crippen molar-refractivity contribution in [1.82, 2.24) is 10.2 Å². The van der Waals surface area contributed by atoms with Crippen LogP contribution in [0.2, 0.25) is 0 Å². The molecule has 0 unspecified atom stereocenters. The molecule has 116 valence electrons. The fourth-order valence-electron chi connectivity index (χ4n) is 2.58. The lowest BCUT2D eigenvalue weighted by atomic mass is 10.2. The van der Waals surface area contributed by atoms with E-state index < -0.39 is 0 Å². The van der Waals surface area contributed by atoms with Gasteiger partial charge in [-0.25, -0.2) is 0 Å². The average molecular weight is 300 g/mol. The van der Waals surface area contributed by atoms with Crippen LogP contribution in [-0.2, 0) is 6.61 Å². The van der Waals surface area contributed by atoms with Crippen LogP contribution in [0.15, 0.2) is 47.1 Å². The Morgan fingerprint density at radius 3 is 2.95 bits per heavy atom. The van der Waals surface area contributed by atoms with Crippen molar-refractivity contribution in [2.24, 2.45) is 0 Å². The van der Waals surface area contributed by atoms with Crippen LogP contribution in [0.3, 0.4) is 0 Å². The van der Waals surface area contributed by atoms with Gasteiger partial charge in [0.2, 0.25) is 0 Å². The number of nitrogens with one attached hydrogen (secondary N) is 1. The Bertz CT molecular complexity index is 624. The van der Waals surface area contributed by atoms with Gasteiger partial charge in [0.1, 0.15) is 12.4 Å². The second kappa shape index (κ2) is 6.66. The summed E-state index contributed by atoms with van der Waals surface area (Å²) in [6, 6.07) is 11.6. The number of amides is 1. The van der Waals surface area contributed by atoms with Crippen molar-refractivity contribution >= 4 is 5.91 Å². The first kappa shape index (κ1) is 14.7. The molecule has 22 heavy (non-hydrogen) atoms. The summed E-state index contributed by atoms with van der Waals surface area (Å²) in [5.41, 5.74) is 0.778. The Morgan fingerprint density at radius 1 is 1.36 bits per heavy atom. The van der Waals surface area contributed by atoms with Crippen LogP contribution in [0.25, 0.3) is 0 Å². The molecule has 1 saturated heterocycles. The monoisotopic (exact) mass is 300 g/mol. The standard InChI is InChI=1S/C17H20N2O3/c1-13-11-19(9-8-18-13)17(20)16-14(7-10-21-16)12-22-15-5-3-2-4-6-15/h2-7,10,13,18H,8-9,11-12H2,1H3/t13-/m0/s1. The quantitative estimate of drug-likeness (QED) is 0.941. The van der Waals surface area contributed by atoms with E-state index >= 15 is 0 Å². The SMILES string of the molecule is C[C@H]1CN(C(=O)c2occc2COc2ccccc2)CCN1. The molecule has 1 atom stereocenters. The molecule has 1 fully saturated rings. The lowest BCUT2D eigenvalue weighted by Crippen LogP contribution is -2.51. The maximum Gasteiger partial charge on any atom is 0.290 e. The molecule has 2 aromatic rings. The summed E-state index contributed by atoms with van der Waals surface area (Å²) in [4.78, 5) is 14.4. The van der Waals surface area contributed by atoms with Gasteiger partial charge >= 0.3 is 0 Å². The number of hydrogen-bond acceptors (Lipinski definition) is 4. The molecule has 1 amide bonds. The highest BCUT2D eigenvalue weighted by Crippen LogP contribution is 2.18. The number of nitrogens with zero attached hydrogens (tertiary/aromatic N) is 1. The molecular formula is C17H20N2O3. The molecule has 0 saturated carbocycles. The van der Waals surface area contributed by atoms with Crippen LogP contribution in [0, 0.1) is 0 Å². The summed E-state index contributed by atoms with van der Waals surface area (Å²) in [5, 5.41) is 3.32. The Hall–Kier alpha value is -2.27. The zero-order valence-corrected chi connectivity index (χ0v) is 12.6. The van der Waals surface area contributed by atoms with Crippen LogP contribution in [0.1, 0.15) is 23.0 Å². The van der Waals surface area contributed by atoms with E-state index in [2.05, 4.69) is 12.2 Å². The molecule has 0 aliphatic carbocycles. The van der Waals surface area contributed by atoms with E-state index in [0.29, 0.717) is 31.5 Å². The summed E-state index contributed by atoms with van der Waals surface area (Å²) in [7, 11) is 0. The van der Waals surface area contributed by atoms with Crippen molar-refractivity contribution in [3.63, 3.8) is 0 Å². The smallest absolute Gasteiger partial charge is 0.290 e. The minimum atomic E-state index is -0.0648. The van der Waals surface area contributed by atoms with Gasteiger partial charge in [0.15, 0.2) is 5.76 Å². The lowest BCUT2D eigenvalue weighted by molar-refractivity contribution is 0.0673. The maximum atomic E-state index is 12.6. The molecule has 1 aromatic heterocycles. The number of benzene rings is 1. The summed E-state index contributed by atoms with van der Waals surface area (Å²) in [5.74, 6) is 1.09. The third-order valence-electron chi connectivity index (χ3n) is 3.73. The molecule has 0 radical (unpaired) electrons. The van der Waals surface area contributed by atoms with E-state index in [-0.39, 0.29) is 5.91 Å². The topological polar surface area (TPSA) is 54.7 Å². The second-order valence-electron chi connectivity index (χ2n) is 5.48. The van der Waals surface area contributed by atoms with Crippen molar-refractivity contribution in [1.29, 1.82) is 0 Å². The van der Waals surface area contributed by atoms with Gasteiger partial charge in [-0.15, -0.1) is 0 Å². The third kappa shape index (κ3) is 3.31. The zero-order chi connectivity index (χ0) is 15.4. The average Bonchev–Trinajstić information content (AvgIpc) is 3.01. The van der Waals surface area contributed by atoms with Gasteiger partial charge in [-0.2, -0.15) is 0 Å². The molecule has 1 aliphatic heterocycles. The van der Waals surface area contributed by atoms with Crippen LogP contribution in [0.5, 0.6) is 5.75 Å². The summed E-state index contributed by atoms with van der Waals surface area (Å²) < 4.78 is 11.1. The van der Waals surface area contributed by atoms with Gasteiger partial charge in [-0.1, -0.05) is 18.2 Å². The Morgan fingerprint density at radius 2 is 2.18 bits per heavy atom. The maximum absolute atomic E-state index is 12.6. The number of carbonyl (C=O) groups is 1. The highest BCUT2D eigenvalue weighted by atomic mass is 16.5. The van der Waals surface area contributed by atoms with Gasteiger partial charge < -0.3 is 19.4 Å². The number of carbonyl (C=O) groups excluding carboxylic acids is 1. The Kier molecular flexibility index (Phi) is 4.44. The number of rotatable bonds is 4. The Labute approximate surface area is 129 Å². The molecule has 1 aromatic carbocycles. The van der Waals surface area contributed by atoms with Crippen molar-refractivity contribution in [3.05, 3.63) is 54.0 Å². The molecule has 1 N–H and O–H groups in total. The van der Waals surface area contributed by atoms with Crippen molar-refractivity contribution in [2.45, 2.75) is 19.6 Å². The lowest BCUT2D eigenvalue weighted by Gasteiger charge is -2.31. The molecule has 3 rings (SSSR count). The van der Waals surface area contributed by atoms with Gasteiger partial charge in [0, 0.05) is 31.2 Å². The van der Waals surface area contributed by atoms with Crippen molar-refractivity contribution < 1.29 is 13.9 Å². The summed E-state index contributed by atoms with van der Waals surface area (Å²) in [6.07, 6.45) is 1.54. The number of piperazine rings is 1. The zero-order valence-electron chi connectivity index (χ0n) is 12.6. The van der Waals surface area contributed by atoms with E-state index in [4.69, 9.17) is 9.15 Å². The summed E-state index contributed by atoms with van der Waals surface area (Å²) >= 11 is 0. The van der Waals surface area contributed by atoms with E-state index in [1.165, 1.54) is 0 Å². The van der Waals surface area contributed by atoms with Crippen molar-refractivity contribution in [2.75, 3.05) is 19.6 Å².